The van der Waals surface area contributed by atoms with E-state index in [2.05, 4.69) is 26.4 Å². The van der Waals surface area contributed by atoms with Gasteiger partial charge >= 0.3 is 6.18 Å². The number of aromatic nitrogens is 1. The first-order chi connectivity index (χ1) is 9.34. The lowest BCUT2D eigenvalue weighted by Gasteiger charge is -2.11. The minimum Gasteiger partial charge on any atom is -0.367 e. The van der Waals surface area contributed by atoms with Crippen LogP contribution in [0.25, 0.3) is 0 Å². The molecule has 1 rings (SSSR count). The highest BCUT2D eigenvalue weighted by atomic mass is 35.5. The third-order valence-corrected chi connectivity index (χ3v) is 2.43. The quantitative estimate of drug-likeness (QED) is 0.525. The normalized spacial score (nSPS) is 10.7. The first-order valence-electron chi connectivity index (χ1n) is 5.45. The standard InChI is InChI=1S/C10H12ClF3N4O2.ClH/c11-7-3-6(10(12,13)14)4-18-9(7)17-2-1-16-8(19)5-20-15;/h3-4H,1-2,5H2,15H3,(H-,16,17,18,19);1H/p+1. The molecule has 6 nitrogen and oxygen atoms in total. The number of hydrogen-bond acceptors (Lipinski definition) is 4. The van der Waals surface area contributed by atoms with Gasteiger partial charge in [0, 0.05) is 19.3 Å². The van der Waals surface area contributed by atoms with E-state index >= 15 is 0 Å². The number of anilines is 1. The van der Waals surface area contributed by atoms with Crippen LogP contribution in [0.4, 0.5) is 19.0 Å². The van der Waals surface area contributed by atoms with Crippen LogP contribution >= 0.6 is 24.0 Å². The second-order valence-corrected chi connectivity index (χ2v) is 4.08. The van der Waals surface area contributed by atoms with Crippen LogP contribution < -0.4 is 16.5 Å². The van der Waals surface area contributed by atoms with Crippen molar-refractivity contribution in [1.82, 2.24) is 10.3 Å². The van der Waals surface area contributed by atoms with Crippen molar-refractivity contribution in [2.75, 3.05) is 25.0 Å². The SMILES string of the molecule is Cl.[NH3+]OCC(=O)NCCNc1ncc(C(F)(F)F)cc1Cl. The minimum atomic E-state index is -4.49. The van der Waals surface area contributed by atoms with Gasteiger partial charge in [-0.15, -0.1) is 12.4 Å². The van der Waals surface area contributed by atoms with E-state index in [0.29, 0.717) is 6.20 Å². The molecule has 0 saturated carbocycles. The third kappa shape index (κ3) is 6.80. The molecule has 0 aliphatic carbocycles. The van der Waals surface area contributed by atoms with Crippen molar-refractivity contribution in [3.05, 3.63) is 22.8 Å². The number of nitrogens with zero attached hydrogens (tertiary/aromatic N) is 1. The molecule has 1 amide bonds. The summed E-state index contributed by atoms with van der Waals surface area (Å²) in [6.07, 6.45) is -3.80. The van der Waals surface area contributed by atoms with Crippen LogP contribution in [0.2, 0.25) is 5.02 Å². The monoisotopic (exact) mass is 349 g/mol. The largest absolute Gasteiger partial charge is 0.417 e. The van der Waals surface area contributed by atoms with Gasteiger partial charge in [-0.05, 0) is 6.07 Å². The molecule has 11 heteroatoms. The van der Waals surface area contributed by atoms with Gasteiger partial charge < -0.3 is 10.6 Å². The maximum atomic E-state index is 12.4. The van der Waals surface area contributed by atoms with Gasteiger partial charge in [-0.1, -0.05) is 11.6 Å². The van der Waals surface area contributed by atoms with Gasteiger partial charge in [0.25, 0.3) is 5.91 Å². The van der Waals surface area contributed by atoms with Gasteiger partial charge in [-0.3, -0.25) is 4.79 Å². The molecule has 5 N–H and O–H groups in total. The average molecular weight is 350 g/mol. The van der Waals surface area contributed by atoms with Crippen molar-refractivity contribution in [3.63, 3.8) is 0 Å². The van der Waals surface area contributed by atoms with Crippen LogP contribution in [0, 0.1) is 0 Å². The molecule has 1 heterocycles. The average Bonchev–Trinajstić information content (AvgIpc) is 2.35. The summed E-state index contributed by atoms with van der Waals surface area (Å²) in [6.45, 7) is 0.321. The van der Waals surface area contributed by atoms with Gasteiger partial charge in [0.05, 0.1) is 10.6 Å². The zero-order chi connectivity index (χ0) is 15.2. The summed E-state index contributed by atoms with van der Waals surface area (Å²) < 4.78 is 37.2. The molecule has 1 aromatic rings. The Kier molecular flexibility index (Phi) is 8.33. The Labute approximate surface area is 129 Å². The molecule has 0 fully saturated rings. The molecule has 0 spiro atoms. The lowest BCUT2D eigenvalue weighted by Crippen LogP contribution is -2.51. The molecule has 0 aliphatic heterocycles. The van der Waals surface area contributed by atoms with Crippen molar-refractivity contribution >= 4 is 35.7 Å². The van der Waals surface area contributed by atoms with Crippen LogP contribution in [-0.4, -0.2) is 30.6 Å². The highest BCUT2D eigenvalue weighted by molar-refractivity contribution is 6.32. The number of carbonyl (C=O) groups is 1. The molecule has 0 aliphatic rings. The van der Waals surface area contributed by atoms with Gasteiger partial charge in [0.15, 0.2) is 6.61 Å². The van der Waals surface area contributed by atoms with Crippen molar-refractivity contribution in [2.24, 2.45) is 0 Å². The maximum absolute atomic E-state index is 12.4. The summed E-state index contributed by atoms with van der Waals surface area (Å²) in [5.74, 6) is 2.81. The molecule has 0 unspecified atom stereocenters. The topological polar surface area (TPSA) is 90.9 Å². The number of hydrogen-bond donors (Lipinski definition) is 3. The summed E-state index contributed by atoms with van der Waals surface area (Å²) in [7, 11) is 0. The van der Waals surface area contributed by atoms with Crippen molar-refractivity contribution in [2.45, 2.75) is 6.18 Å². The highest BCUT2D eigenvalue weighted by Crippen LogP contribution is 2.32. The van der Waals surface area contributed by atoms with E-state index in [0.717, 1.165) is 6.07 Å². The number of rotatable bonds is 6. The fourth-order valence-corrected chi connectivity index (χ4v) is 1.48. The molecule has 0 bridgehead atoms. The number of alkyl halides is 3. The van der Waals surface area contributed by atoms with E-state index in [1.807, 2.05) is 0 Å². The first kappa shape index (κ1) is 19.7. The lowest BCUT2D eigenvalue weighted by atomic mass is 10.3. The lowest BCUT2D eigenvalue weighted by molar-refractivity contribution is -0.685. The first-order valence-corrected chi connectivity index (χ1v) is 5.82. The fraction of sp³-hybridized carbons (Fsp3) is 0.400. The predicted molar refractivity (Wildman–Crippen MR) is 71.8 cm³/mol. The summed E-state index contributed by atoms with van der Waals surface area (Å²) >= 11 is 5.69. The van der Waals surface area contributed by atoms with Crippen LogP contribution in [0.3, 0.4) is 0 Å². The molecule has 21 heavy (non-hydrogen) atoms. The summed E-state index contributed by atoms with van der Waals surface area (Å²) in [6, 6.07) is 0.784. The van der Waals surface area contributed by atoms with E-state index in [4.69, 9.17) is 11.6 Å². The number of pyridine rings is 1. The van der Waals surface area contributed by atoms with Gasteiger partial charge in [-0.25, -0.2) is 10.9 Å². The van der Waals surface area contributed by atoms with E-state index in [1.54, 1.807) is 0 Å². The molecular weight excluding hydrogens is 336 g/mol. The van der Waals surface area contributed by atoms with Gasteiger partial charge in [0.2, 0.25) is 0 Å². The third-order valence-electron chi connectivity index (χ3n) is 2.14. The Bertz CT molecular complexity index is 474. The molecule has 0 aromatic carbocycles. The second-order valence-electron chi connectivity index (χ2n) is 3.68. The predicted octanol–water partition coefficient (Wildman–Crippen LogP) is 0.877. The van der Waals surface area contributed by atoms with Crippen LogP contribution in [0.5, 0.6) is 0 Å². The van der Waals surface area contributed by atoms with Crippen LogP contribution in [0.1, 0.15) is 5.56 Å². The van der Waals surface area contributed by atoms with E-state index < -0.39 is 11.7 Å². The van der Waals surface area contributed by atoms with Gasteiger partial charge in [0.1, 0.15) is 5.82 Å². The molecule has 0 radical (unpaired) electrons. The molecule has 1 aromatic heterocycles. The number of halogens is 5. The Morgan fingerprint density at radius 3 is 2.62 bits per heavy atom. The number of nitrogens with one attached hydrogen (secondary N) is 2. The van der Waals surface area contributed by atoms with E-state index in [9.17, 15) is 18.0 Å². The zero-order valence-corrected chi connectivity index (χ0v) is 12.2. The molecular formula is C10H14Cl2F3N4O2+. The summed E-state index contributed by atoms with van der Waals surface area (Å²) in [4.78, 5) is 19.0. The number of amides is 1. The second kappa shape index (κ2) is 8.88. The van der Waals surface area contributed by atoms with Crippen LogP contribution in [0.15, 0.2) is 12.3 Å². The summed E-state index contributed by atoms with van der Waals surface area (Å²) in [5.41, 5.74) is -0.922. The number of carbonyl (C=O) groups excluding carboxylic acids is 1. The van der Waals surface area contributed by atoms with Crippen LogP contribution in [-0.2, 0) is 15.8 Å². The van der Waals surface area contributed by atoms with Gasteiger partial charge in [-0.2, -0.15) is 18.0 Å². The zero-order valence-electron chi connectivity index (χ0n) is 10.7. The Hall–Kier alpha value is -1.29. The Balaban J connectivity index is 0.00000400. The highest BCUT2D eigenvalue weighted by Gasteiger charge is 2.31. The van der Waals surface area contributed by atoms with Crippen molar-refractivity contribution in [3.8, 4) is 0 Å². The Morgan fingerprint density at radius 1 is 1.43 bits per heavy atom. The van der Waals surface area contributed by atoms with E-state index in [1.165, 1.54) is 0 Å². The molecule has 0 atom stereocenters. The summed E-state index contributed by atoms with van der Waals surface area (Å²) in [5, 5.41) is 5.05. The maximum Gasteiger partial charge on any atom is 0.417 e. The fourth-order valence-electron chi connectivity index (χ4n) is 1.25. The van der Waals surface area contributed by atoms with Crippen molar-refractivity contribution in [1.29, 1.82) is 0 Å². The smallest absolute Gasteiger partial charge is 0.367 e. The number of quaternary nitrogens is 1. The van der Waals surface area contributed by atoms with E-state index in [-0.39, 0.29) is 48.9 Å². The molecule has 120 valence electrons. The molecule has 0 saturated heterocycles. The Morgan fingerprint density at radius 2 is 2.10 bits per heavy atom. The minimum absolute atomic E-state index is 0. The van der Waals surface area contributed by atoms with Crippen molar-refractivity contribution < 1.29 is 28.7 Å².